The summed E-state index contributed by atoms with van der Waals surface area (Å²) in [7, 11) is 0. The predicted molar refractivity (Wildman–Crippen MR) is 237 cm³/mol. The van der Waals surface area contributed by atoms with Crippen molar-refractivity contribution in [3.8, 4) is 11.5 Å². The first kappa shape index (κ1) is 49.3. The fourth-order valence-electron chi connectivity index (χ4n) is 6.19. The quantitative estimate of drug-likeness (QED) is 0.0440. The number of aliphatic hydroxyl groups excluding tert-OH is 3. The fourth-order valence-corrected chi connectivity index (χ4v) is 6.19. The minimum atomic E-state index is -0.828. The summed E-state index contributed by atoms with van der Waals surface area (Å²) in [6.07, 6.45) is -0.246. The molecule has 0 aromatic heterocycles. The van der Waals surface area contributed by atoms with Crippen LogP contribution in [0.1, 0.15) is 74.7 Å². The second kappa shape index (κ2) is 23.7. The molecule has 0 aliphatic carbocycles. The molecule has 0 bridgehead atoms. The highest BCUT2D eigenvalue weighted by Gasteiger charge is 2.40. The average molecular weight is 837 g/mol. The maximum atomic E-state index is 10.4. The standard InChI is InChI=1S/C49H72O11/c1-9-49(8,23-24-53-30-41(50)32-55-33-43(52)35-57-45-21-19-38-15-11-13-17-40(38)29-45)60-36-46(2,3)48(6,7)59-25-22-47(4,5)58-27-26-54-31-42(51)34-56-44-20-18-37-14-10-12-16-39(37)28-44/h10-21,28-29,41-43,50-52H,9,22-27,30-36H2,1-8H3. The molecule has 4 aromatic carbocycles. The van der Waals surface area contributed by atoms with Gasteiger partial charge in [0.2, 0.25) is 0 Å². The zero-order chi connectivity index (χ0) is 43.7. The topological polar surface area (TPSA) is 135 Å². The van der Waals surface area contributed by atoms with Crippen molar-refractivity contribution in [2.75, 3.05) is 72.7 Å². The summed E-state index contributed by atoms with van der Waals surface area (Å²) in [6, 6.07) is 27.8. The van der Waals surface area contributed by atoms with Crippen LogP contribution >= 0.6 is 0 Å². The van der Waals surface area contributed by atoms with E-state index in [1.807, 2.05) is 92.7 Å². The van der Waals surface area contributed by atoms with Gasteiger partial charge in [-0.05, 0) is 99.7 Å². The van der Waals surface area contributed by atoms with E-state index in [2.05, 4.69) is 47.6 Å². The molecule has 0 fully saturated rings. The average Bonchev–Trinajstić information content (AvgIpc) is 3.22. The van der Waals surface area contributed by atoms with E-state index in [1.54, 1.807) is 0 Å². The Bertz CT molecular complexity index is 1830. The highest BCUT2D eigenvalue weighted by Crippen LogP contribution is 2.37. The lowest BCUT2D eigenvalue weighted by Crippen LogP contribution is -2.47. The van der Waals surface area contributed by atoms with E-state index in [9.17, 15) is 15.3 Å². The van der Waals surface area contributed by atoms with Gasteiger partial charge in [-0.2, -0.15) is 0 Å². The van der Waals surface area contributed by atoms with Gasteiger partial charge in [-0.25, -0.2) is 0 Å². The van der Waals surface area contributed by atoms with Crippen molar-refractivity contribution in [2.45, 2.75) is 110 Å². The molecule has 0 saturated carbocycles. The smallest absolute Gasteiger partial charge is 0.120 e. The first-order valence-corrected chi connectivity index (χ1v) is 21.4. The molecular formula is C49H72O11. The van der Waals surface area contributed by atoms with Crippen molar-refractivity contribution < 1.29 is 53.2 Å². The summed E-state index contributed by atoms with van der Waals surface area (Å²) in [6.45, 7) is 19.6. The van der Waals surface area contributed by atoms with Gasteiger partial charge in [0.05, 0.1) is 69.7 Å². The minimum absolute atomic E-state index is 0.0431. The number of ether oxygens (including phenoxy) is 8. The molecule has 4 rings (SSSR count). The number of benzene rings is 4. The Morgan fingerprint density at radius 1 is 0.483 bits per heavy atom. The lowest BCUT2D eigenvalue weighted by atomic mass is 9.77. The van der Waals surface area contributed by atoms with Crippen LogP contribution in [0.3, 0.4) is 0 Å². The second-order valence-corrected chi connectivity index (χ2v) is 17.7. The van der Waals surface area contributed by atoms with Crippen LogP contribution in [0.5, 0.6) is 11.5 Å². The van der Waals surface area contributed by atoms with Gasteiger partial charge in [-0.3, -0.25) is 0 Å². The molecule has 4 unspecified atom stereocenters. The molecule has 60 heavy (non-hydrogen) atoms. The van der Waals surface area contributed by atoms with Crippen LogP contribution in [0, 0.1) is 5.41 Å². The van der Waals surface area contributed by atoms with Crippen LogP contribution in [0.15, 0.2) is 84.9 Å². The third-order valence-corrected chi connectivity index (χ3v) is 11.4. The third kappa shape index (κ3) is 16.8. The van der Waals surface area contributed by atoms with Crippen molar-refractivity contribution >= 4 is 21.5 Å². The monoisotopic (exact) mass is 837 g/mol. The van der Waals surface area contributed by atoms with Gasteiger partial charge >= 0.3 is 0 Å². The van der Waals surface area contributed by atoms with Crippen LogP contribution in [0.4, 0.5) is 0 Å². The largest absolute Gasteiger partial charge is 0.491 e. The van der Waals surface area contributed by atoms with Crippen LogP contribution in [0.25, 0.3) is 21.5 Å². The zero-order valence-corrected chi connectivity index (χ0v) is 37.3. The molecular weight excluding hydrogens is 765 g/mol. The number of hydrogen-bond donors (Lipinski definition) is 3. The van der Waals surface area contributed by atoms with Gasteiger partial charge in [0.15, 0.2) is 0 Å². The first-order valence-electron chi connectivity index (χ1n) is 21.4. The summed E-state index contributed by atoms with van der Waals surface area (Å²) in [5, 5.41) is 35.5. The second-order valence-electron chi connectivity index (χ2n) is 17.7. The molecule has 0 amide bonds. The van der Waals surface area contributed by atoms with Crippen LogP contribution in [-0.4, -0.2) is 123 Å². The van der Waals surface area contributed by atoms with E-state index in [0.29, 0.717) is 57.4 Å². The van der Waals surface area contributed by atoms with Crippen LogP contribution in [0.2, 0.25) is 0 Å². The normalized spacial score (nSPS) is 15.2. The Balaban J connectivity index is 1.03. The molecule has 0 heterocycles. The Kier molecular flexibility index (Phi) is 19.5. The van der Waals surface area contributed by atoms with Gasteiger partial charge < -0.3 is 53.2 Å². The molecule has 0 radical (unpaired) electrons. The van der Waals surface area contributed by atoms with Crippen molar-refractivity contribution in [2.24, 2.45) is 5.41 Å². The summed E-state index contributed by atoms with van der Waals surface area (Å²) in [5.41, 5.74) is -1.63. The molecule has 11 heteroatoms. The third-order valence-electron chi connectivity index (χ3n) is 11.4. The molecule has 0 spiro atoms. The van der Waals surface area contributed by atoms with Crippen LogP contribution < -0.4 is 9.47 Å². The van der Waals surface area contributed by atoms with Gasteiger partial charge in [-0.15, -0.1) is 0 Å². The summed E-state index contributed by atoms with van der Waals surface area (Å²) in [5.74, 6) is 1.40. The highest BCUT2D eigenvalue weighted by atomic mass is 16.6. The van der Waals surface area contributed by atoms with E-state index in [0.717, 1.165) is 28.0 Å². The molecule has 4 aromatic rings. The van der Waals surface area contributed by atoms with Crippen molar-refractivity contribution in [1.82, 2.24) is 0 Å². The minimum Gasteiger partial charge on any atom is -0.491 e. The number of hydrogen-bond acceptors (Lipinski definition) is 11. The predicted octanol–water partition coefficient (Wildman–Crippen LogP) is 8.17. The molecule has 11 nitrogen and oxygen atoms in total. The molecule has 0 aliphatic heterocycles. The van der Waals surface area contributed by atoms with E-state index < -0.39 is 35.1 Å². The van der Waals surface area contributed by atoms with E-state index in [1.165, 1.54) is 0 Å². The number of aliphatic hydroxyl groups is 3. The van der Waals surface area contributed by atoms with E-state index in [-0.39, 0.29) is 45.1 Å². The van der Waals surface area contributed by atoms with E-state index >= 15 is 0 Å². The highest BCUT2D eigenvalue weighted by molar-refractivity contribution is 5.84. The zero-order valence-electron chi connectivity index (χ0n) is 37.3. The summed E-state index contributed by atoms with van der Waals surface area (Å²) < 4.78 is 47.6. The Hall–Kier alpha value is -3.36. The molecule has 0 aliphatic rings. The SMILES string of the molecule is CCC(C)(CCOCC(O)COCC(O)COc1ccc2ccccc2c1)OCC(C)(C)C(C)(C)OCCC(C)(C)OCCOCC(O)COc1ccc2ccccc2c1. The molecule has 334 valence electrons. The van der Waals surface area contributed by atoms with Crippen molar-refractivity contribution in [3.63, 3.8) is 0 Å². The number of rotatable bonds is 30. The molecule has 4 atom stereocenters. The van der Waals surface area contributed by atoms with Crippen molar-refractivity contribution in [3.05, 3.63) is 84.9 Å². The lowest BCUT2D eigenvalue weighted by Gasteiger charge is -2.44. The number of fused-ring (bicyclic) bond motifs is 2. The molecule has 3 N–H and O–H groups in total. The Morgan fingerprint density at radius 2 is 0.967 bits per heavy atom. The maximum Gasteiger partial charge on any atom is 0.120 e. The van der Waals surface area contributed by atoms with Crippen LogP contribution in [-0.2, 0) is 28.4 Å². The Morgan fingerprint density at radius 3 is 1.50 bits per heavy atom. The lowest BCUT2D eigenvalue weighted by molar-refractivity contribution is -0.164. The van der Waals surface area contributed by atoms with Gasteiger partial charge in [0.1, 0.15) is 43.0 Å². The summed E-state index contributed by atoms with van der Waals surface area (Å²) >= 11 is 0. The Labute approximate surface area is 358 Å². The summed E-state index contributed by atoms with van der Waals surface area (Å²) in [4.78, 5) is 0. The van der Waals surface area contributed by atoms with E-state index in [4.69, 9.17) is 37.9 Å². The molecule has 0 saturated heterocycles. The van der Waals surface area contributed by atoms with Crippen molar-refractivity contribution in [1.29, 1.82) is 0 Å². The maximum absolute atomic E-state index is 10.4. The van der Waals surface area contributed by atoms with Gasteiger partial charge in [-0.1, -0.05) is 81.4 Å². The first-order chi connectivity index (χ1) is 28.5. The van der Waals surface area contributed by atoms with Gasteiger partial charge in [0.25, 0.3) is 0 Å². The van der Waals surface area contributed by atoms with Gasteiger partial charge in [0, 0.05) is 12.0 Å². The fraction of sp³-hybridized carbons (Fsp3) is 0.592.